The largest absolute Gasteiger partial charge is 0.383 e. The number of halogens is 1. The summed E-state index contributed by atoms with van der Waals surface area (Å²) in [6.45, 7) is 2.09. The van der Waals surface area contributed by atoms with Crippen LogP contribution in [0, 0.1) is 3.57 Å². The van der Waals surface area contributed by atoms with Crippen LogP contribution in [0.1, 0.15) is 36.9 Å². The van der Waals surface area contributed by atoms with E-state index in [1.165, 1.54) is 18.4 Å². The van der Waals surface area contributed by atoms with Gasteiger partial charge in [0, 0.05) is 5.56 Å². The fourth-order valence-electron chi connectivity index (χ4n) is 2.20. The van der Waals surface area contributed by atoms with E-state index >= 15 is 0 Å². The van der Waals surface area contributed by atoms with Crippen molar-refractivity contribution in [3.05, 3.63) is 39.1 Å². The van der Waals surface area contributed by atoms with Crippen LogP contribution in [0.5, 0.6) is 0 Å². The maximum Gasteiger partial charge on any atom is 0.161 e. The van der Waals surface area contributed by atoms with E-state index in [1.807, 2.05) is 0 Å². The maximum absolute atomic E-state index is 5.96. The summed E-state index contributed by atoms with van der Waals surface area (Å²) in [4.78, 5) is 9.01. The monoisotopic (exact) mass is 365 g/mol. The first kappa shape index (κ1) is 12.8. The molecular formula is C15H16IN3. The third kappa shape index (κ3) is 2.59. The summed E-state index contributed by atoms with van der Waals surface area (Å²) in [5.74, 6) is 2.09. The molecule has 1 aliphatic carbocycles. The van der Waals surface area contributed by atoms with Crippen LogP contribution in [0.25, 0.3) is 11.4 Å². The lowest BCUT2D eigenvalue weighted by Gasteiger charge is -2.08. The van der Waals surface area contributed by atoms with Gasteiger partial charge in [0.1, 0.15) is 5.82 Å². The molecule has 1 heterocycles. The highest BCUT2D eigenvalue weighted by Crippen LogP contribution is 2.40. The lowest BCUT2D eigenvalue weighted by atomic mass is 10.1. The van der Waals surface area contributed by atoms with Gasteiger partial charge in [0.2, 0.25) is 0 Å². The number of aromatic nitrogens is 2. The van der Waals surface area contributed by atoms with Gasteiger partial charge in [0.15, 0.2) is 5.82 Å². The number of nitrogens with two attached hydrogens (primary N) is 1. The smallest absolute Gasteiger partial charge is 0.161 e. The first-order chi connectivity index (χ1) is 9.19. The number of hydrogen-bond acceptors (Lipinski definition) is 3. The lowest BCUT2D eigenvalue weighted by molar-refractivity contribution is 0.994. The number of aryl methyl sites for hydroxylation is 1. The first-order valence-electron chi connectivity index (χ1n) is 6.61. The van der Waals surface area contributed by atoms with E-state index in [2.05, 4.69) is 63.7 Å². The number of rotatable bonds is 3. The highest BCUT2D eigenvalue weighted by Gasteiger charge is 2.23. The summed E-state index contributed by atoms with van der Waals surface area (Å²) >= 11 is 2.21. The average Bonchev–Trinajstić information content (AvgIpc) is 3.26. The van der Waals surface area contributed by atoms with Crippen molar-refractivity contribution >= 4 is 28.4 Å². The molecule has 2 N–H and O–H groups in total. The van der Waals surface area contributed by atoms with Crippen molar-refractivity contribution in [1.29, 1.82) is 0 Å². The second kappa shape index (κ2) is 5.07. The van der Waals surface area contributed by atoms with E-state index in [9.17, 15) is 0 Å². The maximum atomic E-state index is 5.96. The third-order valence-electron chi connectivity index (χ3n) is 3.50. The number of nitrogens with zero attached hydrogens (tertiary/aromatic N) is 2. The standard InChI is InChI=1S/C15H16IN3/c1-2-12-13(16)14(17)19-15(18-12)11-7-5-10(6-8-11)9-3-4-9/h5-9H,2-4H2,1H3,(H2,17,18,19). The van der Waals surface area contributed by atoms with Crippen LogP contribution in [0.15, 0.2) is 24.3 Å². The molecule has 2 aromatic rings. The molecule has 1 fully saturated rings. The molecule has 1 aromatic heterocycles. The van der Waals surface area contributed by atoms with Crippen molar-refractivity contribution < 1.29 is 0 Å². The number of benzene rings is 1. The zero-order valence-corrected chi connectivity index (χ0v) is 13.0. The van der Waals surface area contributed by atoms with Crippen molar-refractivity contribution in [2.45, 2.75) is 32.1 Å². The Bertz CT molecular complexity index is 604. The van der Waals surface area contributed by atoms with E-state index in [0.717, 1.165) is 33.0 Å². The molecule has 0 amide bonds. The molecule has 3 rings (SSSR count). The van der Waals surface area contributed by atoms with E-state index in [4.69, 9.17) is 5.73 Å². The molecule has 4 heteroatoms. The molecule has 1 saturated carbocycles. The number of nitrogen functional groups attached to an aromatic ring is 1. The highest BCUT2D eigenvalue weighted by atomic mass is 127. The Labute approximate surface area is 126 Å². The summed E-state index contributed by atoms with van der Waals surface area (Å²) in [6.07, 6.45) is 3.52. The van der Waals surface area contributed by atoms with E-state index in [1.54, 1.807) is 0 Å². The lowest BCUT2D eigenvalue weighted by Crippen LogP contribution is -2.04. The van der Waals surface area contributed by atoms with Gasteiger partial charge in [-0.05, 0) is 53.3 Å². The van der Waals surface area contributed by atoms with Gasteiger partial charge in [-0.25, -0.2) is 9.97 Å². The molecule has 0 spiro atoms. The van der Waals surface area contributed by atoms with Crippen LogP contribution >= 0.6 is 22.6 Å². The summed E-state index contributed by atoms with van der Waals surface area (Å²) in [6, 6.07) is 8.59. The minimum Gasteiger partial charge on any atom is -0.383 e. The molecule has 0 aliphatic heterocycles. The van der Waals surface area contributed by atoms with Crippen LogP contribution in [-0.2, 0) is 6.42 Å². The molecule has 98 valence electrons. The molecule has 0 unspecified atom stereocenters. The van der Waals surface area contributed by atoms with Gasteiger partial charge in [-0.2, -0.15) is 0 Å². The van der Waals surface area contributed by atoms with Gasteiger partial charge < -0.3 is 5.73 Å². The Morgan fingerprint density at radius 3 is 2.47 bits per heavy atom. The summed E-state index contributed by atoms with van der Waals surface area (Å²) < 4.78 is 0.971. The average molecular weight is 365 g/mol. The van der Waals surface area contributed by atoms with Crippen molar-refractivity contribution in [2.24, 2.45) is 0 Å². The Morgan fingerprint density at radius 1 is 1.21 bits per heavy atom. The second-order valence-electron chi connectivity index (χ2n) is 4.94. The van der Waals surface area contributed by atoms with Crippen molar-refractivity contribution in [3.8, 4) is 11.4 Å². The predicted octanol–water partition coefficient (Wildman–Crippen LogP) is 3.77. The third-order valence-corrected chi connectivity index (χ3v) is 4.67. The predicted molar refractivity (Wildman–Crippen MR) is 86.0 cm³/mol. The molecule has 1 aliphatic rings. The van der Waals surface area contributed by atoms with Crippen LogP contribution in [0.4, 0.5) is 5.82 Å². The number of hydrogen-bond donors (Lipinski definition) is 1. The van der Waals surface area contributed by atoms with Gasteiger partial charge >= 0.3 is 0 Å². The van der Waals surface area contributed by atoms with Crippen LogP contribution < -0.4 is 5.73 Å². The van der Waals surface area contributed by atoms with Crippen molar-refractivity contribution in [2.75, 3.05) is 5.73 Å². The molecule has 3 nitrogen and oxygen atoms in total. The SMILES string of the molecule is CCc1nc(-c2ccc(C3CC3)cc2)nc(N)c1I. The van der Waals surface area contributed by atoms with E-state index in [-0.39, 0.29) is 0 Å². The molecule has 19 heavy (non-hydrogen) atoms. The Balaban J connectivity index is 1.98. The molecular weight excluding hydrogens is 349 g/mol. The summed E-state index contributed by atoms with van der Waals surface area (Å²) in [5, 5.41) is 0. The first-order valence-corrected chi connectivity index (χ1v) is 7.69. The second-order valence-corrected chi connectivity index (χ2v) is 6.02. The topological polar surface area (TPSA) is 51.8 Å². The summed E-state index contributed by atoms with van der Waals surface area (Å²) in [7, 11) is 0. The van der Waals surface area contributed by atoms with Crippen molar-refractivity contribution in [1.82, 2.24) is 9.97 Å². The summed E-state index contributed by atoms with van der Waals surface area (Å²) in [5.41, 5.74) is 9.46. The van der Waals surface area contributed by atoms with Gasteiger partial charge in [-0.3, -0.25) is 0 Å². The Hall–Kier alpha value is -1.17. The van der Waals surface area contributed by atoms with E-state index < -0.39 is 0 Å². The zero-order valence-electron chi connectivity index (χ0n) is 10.9. The number of anilines is 1. The van der Waals surface area contributed by atoms with E-state index in [0.29, 0.717) is 5.82 Å². The molecule has 1 aromatic carbocycles. The fourth-order valence-corrected chi connectivity index (χ4v) is 2.82. The Kier molecular flexibility index (Phi) is 3.43. The minimum absolute atomic E-state index is 0.578. The van der Waals surface area contributed by atoms with Gasteiger partial charge in [-0.1, -0.05) is 31.2 Å². The van der Waals surface area contributed by atoms with Crippen molar-refractivity contribution in [3.63, 3.8) is 0 Å². The van der Waals surface area contributed by atoms with Gasteiger partial charge in [0.05, 0.1) is 9.26 Å². The molecule has 0 bridgehead atoms. The van der Waals surface area contributed by atoms with Gasteiger partial charge in [-0.15, -0.1) is 0 Å². The quantitative estimate of drug-likeness (QED) is 0.843. The van der Waals surface area contributed by atoms with Crippen LogP contribution in [0.2, 0.25) is 0 Å². The highest BCUT2D eigenvalue weighted by molar-refractivity contribution is 14.1. The van der Waals surface area contributed by atoms with Crippen LogP contribution in [0.3, 0.4) is 0 Å². The zero-order chi connectivity index (χ0) is 13.4. The van der Waals surface area contributed by atoms with Gasteiger partial charge in [0.25, 0.3) is 0 Å². The van der Waals surface area contributed by atoms with Crippen LogP contribution in [-0.4, -0.2) is 9.97 Å². The molecule has 0 atom stereocenters. The Morgan fingerprint density at radius 2 is 1.89 bits per heavy atom. The normalized spacial score (nSPS) is 14.6. The molecule has 0 saturated heterocycles. The minimum atomic E-state index is 0.578. The fraction of sp³-hybridized carbons (Fsp3) is 0.333. The molecule has 0 radical (unpaired) electrons.